The topological polar surface area (TPSA) is 68.0 Å². The Hall–Kier alpha value is -1.58. The molecule has 2 saturated carbocycles. The molecule has 0 spiro atoms. The van der Waals surface area contributed by atoms with E-state index < -0.39 is 0 Å². The minimum absolute atomic E-state index is 0.0835. The summed E-state index contributed by atoms with van der Waals surface area (Å²) in [6.45, 7) is 0. The molecule has 1 heterocycles. The fourth-order valence-corrected chi connectivity index (χ4v) is 3.56. The summed E-state index contributed by atoms with van der Waals surface area (Å²) >= 11 is 0. The number of fused-ring (bicyclic) bond motifs is 1. The molecule has 1 amide bonds. The van der Waals surface area contributed by atoms with E-state index in [1.165, 1.54) is 25.7 Å². The number of nitrogens with one attached hydrogen (secondary N) is 1. The van der Waals surface area contributed by atoms with Crippen LogP contribution in [0.5, 0.6) is 0 Å². The Morgan fingerprint density at radius 1 is 1.28 bits per heavy atom. The number of amides is 1. The average molecular weight is 245 g/mol. The van der Waals surface area contributed by atoms with Gasteiger partial charge >= 0.3 is 0 Å². The van der Waals surface area contributed by atoms with E-state index in [9.17, 15) is 4.79 Å². The number of hydrogen-bond acceptors (Lipinski definition) is 3. The number of carbonyl (C=O) groups is 1. The molecule has 0 bridgehead atoms. The van der Waals surface area contributed by atoms with Gasteiger partial charge in [-0.05, 0) is 43.2 Å². The van der Waals surface area contributed by atoms with Crippen molar-refractivity contribution in [3.05, 3.63) is 23.9 Å². The molecule has 3 atom stereocenters. The van der Waals surface area contributed by atoms with Gasteiger partial charge in [-0.3, -0.25) is 4.79 Å². The first-order valence-electron chi connectivity index (χ1n) is 6.77. The standard InChI is InChI=1S/C14H19N3O/c15-13-6-2-5-12(16-13)14(18)17-11-8-7-9-3-1-4-10(9)11/h2,5-6,9-11H,1,3-4,7-8H2,(H2,15,16)(H,17,18)/t9-,10-,11-/m1/s1. The molecule has 2 aliphatic carbocycles. The van der Waals surface area contributed by atoms with E-state index >= 15 is 0 Å². The van der Waals surface area contributed by atoms with Crippen LogP contribution in [-0.4, -0.2) is 16.9 Å². The molecular formula is C14H19N3O. The van der Waals surface area contributed by atoms with Crippen LogP contribution in [0.3, 0.4) is 0 Å². The molecule has 2 aliphatic rings. The van der Waals surface area contributed by atoms with E-state index in [4.69, 9.17) is 5.73 Å². The Balaban J connectivity index is 1.68. The number of rotatable bonds is 2. The summed E-state index contributed by atoms with van der Waals surface area (Å²) in [6, 6.07) is 5.52. The van der Waals surface area contributed by atoms with Crippen LogP contribution >= 0.6 is 0 Å². The molecule has 4 heteroatoms. The number of nitrogens with two attached hydrogens (primary N) is 1. The number of anilines is 1. The van der Waals surface area contributed by atoms with Crippen molar-refractivity contribution in [2.45, 2.75) is 38.1 Å². The zero-order chi connectivity index (χ0) is 12.5. The second-order valence-corrected chi connectivity index (χ2v) is 5.46. The summed E-state index contributed by atoms with van der Waals surface area (Å²) in [4.78, 5) is 16.2. The molecule has 3 N–H and O–H groups in total. The Bertz CT molecular complexity index is 460. The minimum Gasteiger partial charge on any atom is -0.384 e. The maximum Gasteiger partial charge on any atom is 0.270 e. The summed E-state index contributed by atoms with van der Waals surface area (Å²) in [7, 11) is 0. The van der Waals surface area contributed by atoms with Gasteiger partial charge in [-0.1, -0.05) is 18.9 Å². The van der Waals surface area contributed by atoms with Gasteiger partial charge in [0.2, 0.25) is 0 Å². The van der Waals surface area contributed by atoms with Crippen molar-refractivity contribution in [1.82, 2.24) is 10.3 Å². The van der Waals surface area contributed by atoms with Crippen molar-refractivity contribution in [3.8, 4) is 0 Å². The molecule has 18 heavy (non-hydrogen) atoms. The van der Waals surface area contributed by atoms with Crippen molar-refractivity contribution in [2.24, 2.45) is 11.8 Å². The SMILES string of the molecule is Nc1cccc(C(=O)N[C@@H]2CC[C@H]3CCC[C@H]32)n1. The van der Waals surface area contributed by atoms with Crippen LogP contribution in [0.4, 0.5) is 5.82 Å². The van der Waals surface area contributed by atoms with E-state index in [1.807, 2.05) is 0 Å². The second kappa shape index (κ2) is 4.59. The molecule has 4 nitrogen and oxygen atoms in total. The summed E-state index contributed by atoms with van der Waals surface area (Å²) in [5.74, 6) is 1.84. The van der Waals surface area contributed by atoms with Gasteiger partial charge in [0.05, 0.1) is 0 Å². The molecule has 2 fully saturated rings. The maximum absolute atomic E-state index is 12.1. The lowest BCUT2D eigenvalue weighted by Crippen LogP contribution is -2.38. The van der Waals surface area contributed by atoms with Crippen LogP contribution in [0.1, 0.15) is 42.6 Å². The number of nitrogens with zero attached hydrogens (tertiary/aromatic N) is 1. The highest BCUT2D eigenvalue weighted by atomic mass is 16.1. The third kappa shape index (κ3) is 2.07. The fraction of sp³-hybridized carbons (Fsp3) is 0.571. The summed E-state index contributed by atoms with van der Waals surface area (Å²) < 4.78 is 0. The fourth-order valence-electron chi connectivity index (χ4n) is 3.56. The van der Waals surface area contributed by atoms with Gasteiger partial charge < -0.3 is 11.1 Å². The Kier molecular flexibility index (Phi) is 2.94. The molecule has 0 saturated heterocycles. The zero-order valence-corrected chi connectivity index (χ0v) is 10.4. The zero-order valence-electron chi connectivity index (χ0n) is 10.4. The molecule has 1 aromatic heterocycles. The van der Waals surface area contributed by atoms with Crippen LogP contribution in [0.25, 0.3) is 0 Å². The summed E-state index contributed by atoms with van der Waals surface area (Å²) in [5, 5.41) is 3.14. The van der Waals surface area contributed by atoms with Gasteiger partial charge in [0, 0.05) is 6.04 Å². The van der Waals surface area contributed by atoms with Crippen molar-refractivity contribution in [2.75, 3.05) is 5.73 Å². The average Bonchev–Trinajstić information content (AvgIpc) is 2.94. The normalized spacial score (nSPS) is 30.1. The van der Waals surface area contributed by atoms with Crippen molar-refractivity contribution >= 4 is 11.7 Å². The third-order valence-electron chi connectivity index (χ3n) is 4.40. The van der Waals surface area contributed by atoms with Crippen molar-refractivity contribution < 1.29 is 4.79 Å². The third-order valence-corrected chi connectivity index (χ3v) is 4.40. The lowest BCUT2D eigenvalue weighted by molar-refractivity contribution is 0.0921. The first-order valence-corrected chi connectivity index (χ1v) is 6.77. The Labute approximate surface area is 107 Å². The molecular weight excluding hydrogens is 226 g/mol. The quantitative estimate of drug-likeness (QED) is 0.837. The Morgan fingerprint density at radius 3 is 3.00 bits per heavy atom. The van der Waals surface area contributed by atoms with Gasteiger partial charge in [0.1, 0.15) is 11.5 Å². The number of nitrogen functional groups attached to an aromatic ring is 1. The van der Waals surface area contributed by atoms with Crippen LogP contribution in [0, 0.1) is 11.8 Å². The summed E-state index contributed by atoms with van der Waals surface area (Å²) in [6.07, 6.45) is 6.30. The number of aromatic nitrogens is 1. The number of hydrogen-bond donors (Lipinski definition) is 2. The van der Waals surface area contributed by atoms with Gasteiger partial charge in [-0.15, -0.1) is 0 Å². The minimum atomic E-state index is -0.0835. The maximum atomic E-state index is 12.1. The number of carbonyl (C=O) groups excluding carboxylic acids is 1. The molecule has 0 aromatic carbocycles. The first-order chi connectivity index (χ1) is 8.74. The van der Waals surface area contributed by atoms with Gasteiger partial charge in [0.15, 0.2) is 0 Å². The second-order valence-electron chi connectivity index (χ2n) is 5.46. The van der Waals surface area contributed by atoms with Gasteiger partial charge in [-0.2, -0.15) is 0 Å². The van der Waals surface area contributed by atoms with Crippen LogP contribution in [0.15, 0.2) is 18.2 Å². The first kappa shape index (κ1) is 11.5. The predicted octanol–water partition coefficient (Wildman–Crippen LogP) is 1.97. The highest BCUT2D eigenvalue weighted by Gasteiger charge is 2.39. The van der Waals surface area contributed by atoms with Crippen LogP contribution < -0.4 is 11.1 Å². The highest BCUT2D eigenvalue weighted by molar-refractivity contribution is 5.92. The highest BCUT2D eigenvalue weighted by Crippen LogP contribution is 2.43. The number of pyridine rings is 1. The molecule has 1 aromatic rings. The van der Waals surface area contributed by atoms with E-state index in [-0.39, 0.29) is 5.91 Å². The molecule has 0 aliphatic heterocycles. The lowest BCUT2D eigenvalue weighted by atomic mass is 9.97. The molecule has 0 radical (unpaired) electrons. The lowest BCUT2D eigenvalue weighted by Gasteiger charge is -2.19. The molecule has 96 valence electrons. The Morgan fingerprint density at radius 2 is 2.17 bits per heavy atom. The largest absolute Gasteiger partial charge is 0.384 e. The van der Waals surface area contributed by atoms with Crippen LogP contribution in [0.2, 0.25) is 0 Å². The smallest absolute Gasteiger partial charge is 0.270 e. The van der Waals surface area contributed by atoms with Crippen molar-refractivity contribution in [3.63, 3.8) is 0 Å². The van der Waals surface area contributed by atoms with Crippen LogP contribution in [-0.2, 0) is 0 Å². The van der Waals surface area contributed by atoms with Gasteiger partial charge in [0.25, 0.3) is 5.91 Å². The predicted molar refractivity (Wildman–Crippen MR) is 70.0 cm³/mol. The monoisotopic (exact) mass is 245 g/mol. The van der Waals surface area contributed by atoms with E-state index in [0.717, 1.165) is 12.3 Å². The molecule has 0 unspecified atom stereocenters. The van der Waals surface area contributed by atoms with E-state index in [0.29, 0.717) is 23.5 Å². The van der Waals surface area contributed by atoms with E-state index in [1.54, 1.807) is 18.2 Å². The van der Waals surface area contributed by atoms with E-state index in [2.05, 4.69) is 10.3 Å². The van der Waals surface area contributed by atoms with Crippen molar-refractivity contribution in [1.29, 1.82) is 0 Å². The molecule has 3 rings (SSSR count). The van der Waals surface area contributed by atoms with Gasteiger partial charge in [-0.25, -0.2) is 4.98 Å². The summed E-state index contributed by atoms with van der Waals surface area (Å²) in [5.41, 5.74) is 6.03.